The van der Waals surface area contributed by atoms with E-state index in [1.807, 2.05) is 0 Å². The van der Waals surface area contributed by atoms with E-state index in [1.165, 1.54) is 12.1 Å². The zero-order valence-corrected chi connectivity index (χ0v) is 11.7. The fraction of sp³-hybridized carbons (Fsp3) is 0.308. The zero-order valence-electron chi connectivity index (χ0n) is 10.9. The Hall–Kier alpha value is -2.02. The van der Waals surface area contributed by atoms with E-state index < -0.39 is 0 Å². The van der Waals surface area contributed by atoms with Crippen LogP contribution >= 0.6 is 11.8 Å². The minimum absolute atomic E-state index is 0.0287. The Morgan fingerprint density at radius 3 is 2.80 bits per heavy atom. The molecule has 0 spiro atoms. The van der Waals surface area contributed by atoms with Gasteiger partial charge in [-0.15, -0.1) is 10.2 Å². The van der Waals surface area contributed by atoms with Crippen LogP contribution in [0.25, 0.3) is 0 Å². The first-order valence-corrected chi connectivity index (χ1v) is 6.97. The van der Waals surface area contributed by atoms with E-state index in [9.17, 15) is 15.0 Å². The van der Waals surface area contributed by atoms with Gasteiger partial charge in [-0.05, 0) is 30.3 Å². The van der Waals surface area contributed by atoms with Crippen LogP contribution in [0, 0.1) is 0 Å². The average Bonchev–Trinajstić information content (AvgIpc) is 2.87. The smallest absolute Gasteiger partial charge is 0.281 e. The number of aldehydes is 1. The summed E-state index contributed by atoms with van der Waals surface area (Å²) in [5, 5.41) is 27.4. The lowest BCUT2D eigenvalue weighted by Crippen LogP contribution is -1.83. The number of unbranched alkanes of at least 4 members (excludes halogenated alkanes) is 1. The SMILES string of the molecule is CCCCc1nnc(Sc2cc(O)c(C=O)cc2O)o1. The highest BCUT2D eigenvalue weighted by atomic mass is 32.2. The van der Waals surface area contributed by atoms with Gasteiger partial charge in [-0.2, -0.15) is 0 Å². The standard InChI is InChI=1S/C13H14N2O4S/c1-2-3-4-12-14-15-13(19-12)20-11-6-9(17)8(7-16)5-10(11)18/h5-7,17-18H,2-4H2,1H3. The number of hydrogen-bond donors (Lipinski definition) is 2. The molecule has 0 fully saturated rings. The van der Waals surface area contributed by atoms with Gasteiger partial charge in [0.2, 0.25) is 5.89 Å². The second kappa shape index (κ2) is 6.42. The first-order chi connectivity index (χ1) is 9.63. The largest absolute Gasteiger partial charge is 0.507 e. The molecular formula is C13H14N2O4S. The van der Waals surface area contributed by atoms with Crippen LogP contribution in [0.3, 0.4) is 0 Å². The Kier molecular flexibility index (Phi) is 4.62. The number of aromatic hydroxyl groups is 2. The number of phenolic OH excluding ortho intramolecular Hbond substituents is 2. The maximum Gasteiger partial charge on any atom is 0.281 e. The predicted molar refractivity (Wildman–Crippen MR) is 72.2 cm³/mol. The third-order valence-corrected chi connectivity index (χ3v) is 3.51. The molecule has 0 unspecified atom stereocenters. The molecule has 0 aliphatic heterocycles. The van der Waals surface area contributed by atoms with Crippen molar-refractivity contribution in [2.75, 3.05) is 0 Å². The molecule has 0 amide bonds. The van der Waals surface area contributed by atoms with Crippen LogP contribution in [-0.2, 0) is 6.42 Å². The van der Waals surface area contributed by atoms with Crippen molar-refractivity contribution < 1.29 is 19.4 Å². The molecule has 0 bridgehead atoms. The molecule has 1 aromatic carbocycles. The average molecular weight is 294 g/mol. The third kappa shape index (κ3) is 3.30. The summed E-state index contributed by atoms with van der Waals surface area (Å²) >= 11 is 1.04. The van der Waals surface area contributed by atoms with Crippen LogP contribution in [0.1, 0.15) is 36.0 Å². The summed E-state index contributed by atoms with van der Waals surface area (Å²) in [6.45, 7) is 2.07. The Labute approximate surface area is 119 Å². The van der Waals surface area contributed by atoms with Gasteiger partial charge in [0.25, 0.3) is 5.22 Å². The van der Waals surface area contributed by atoms with Crippen molar-refractivity contribution >= 4 is 18.0 Å². The third-order valence-electron chi connectivity index (χ3n) is 2.62. The van der Waals surface area contributed by atoms with Crippen LogP contribution < -0.4 is 0 Å². The highest BCUT2D eigenvalue weighted by Crippen LogP contribution is 2.37. The van der Waals surface area contributed by atoms with Gasteiger partial charge < -0.3 is 14.6 Å². The Bertz CT molecular complexity index is 612. The molecule has 0 radical (unpaired) electrons. The first kappa shape index (κ1) is 14.4. The van der Waals surface area contributed by atoms with Crippen molar-refractivity contribution in [2.45, 2.75) is 36.3 Å². The number of benzene rings is 1. The topological polar surface area (TPSA) is 96.5 Å². The van der Waals surface area contributed by atoms with E-state index in [2.05, 4.69) is 17.1 Å². The van der Waals surface area contributed by atoms with Crippen LogP contribution in [-0.4, -0.2) is 26.7 Å². The maximum atomic E-state index is 10.6. The summed E-state index contributed by atoms with van der Waals surface area (Å²) in [6, 6.07) is 2.48. The summed E-state index contributed by atoms with van der Waals surface area (Å²) in [5.74, 6) is 0.219. The van der Waals surface area contributed by atoms with Gasteiger partial charge >= 0.3 is 0 Å². The number of aromatic nitrogens is 2. The summed E-state index contributed by atoms with van der Waals surface area (Å²) < 4.78 is 5.42. The minimum atomic E-state index is -0.203. The molecule has 2 rings (SSSR count). The number of rotatable bonds is 6. The molecule has 106 valence electrons. The quantitative estimate of drug-likeness (QED) is 0.624. The van der Waals surface area contributed by atoms with Crippen LogP contribution in [0.2, 0.25) is 0 Å². The predicted octanol–water partition coefficient (Wildman–Crippen LogP) is 2.79. The molecular weight excluding hydrogens is 280 g/mol. The van der Waals surface area contributed by atoms with E-state index in [0.29, 0.717) is 23.5 Å². The van der Waals surface area contributed by atoms with Gasteiger partial charge in [0.05, 0.1) is 10.5 Å². The molecule has 1 heterocycles. The molecule has 0 aliphatic rings. The van der Waals surface area contributed by atoms with E-state index in [1.54, 1.807) is 0 Å². The van der Waals surface area contributed by atoms with E-state index in [-0.39, 0.29) is 22.3 Å². The van der Waals surface area contributed by atoms with Gasteiger partial charge in [0.1, 0.15) is 11.5 Å². The molecule has 20 heavy (non-hydrogen) atoms. The molecule has 0 saturated carbocycles. The highest BCUT2D eigenvalue weighted by molar-refractivity contribution is 7.99. The van der Waals surface area contributed by atoms with Crippen LogP contribution in [0.4, 0.5) is 0 Å². The second-order valence-electron chi connectivity index (χ2n) is 4.16. The lowest BCUT2D eigenvalue weighted by molar-refractivity contribution is 0.112. The Balaban J connectivity index is 2.15. The second-order valence-corrected chi connectivity index (χ2v) is 5.16. The fourth-order valence-electron chi connectivity index (χ4n) is 1.55. The molecule has 2 aromatic rings. The Morgan fingerprint density at radius 1 is 1.30 bits per heavy atom. The van der Waals surface area contributed by atoms with Gasteiger partial charge in [-0.3, -0.25) is 4.79 Å². The summed E-state index contributed by atoms with van der Waals surface area (Å²) in [6.07, 6.45) is 3.18. The summed E-state index contributed by atoms with van der Waals surface area (Å²) in [4.78, 5) is 11.0. The normalized spacial score (nSPS) is 10.7. The van der Waals surface area contributed by atoms with E-state index in [0.717, 1.165) is 24.6 Å². The number of aryl methyl sites for hydroxylation is 1. The van der Waals surface area contributed by atoms with E-state index >= 15 is 0 Å². The number of phenols is 2. The van der Waals surface area contributed by atoms with Crippen molar-refractivity contribution in [3.8, 4) is 11.5 Å². The van der Waals surface area contributed by atoms with Crippen molar-refractivity contribution in [1.82, 2.24) is 10.2 Å². The fourth-order valence-corrected chi connectivity index (χ4v) is 2.29. The van der Waals surface area contributed by atoms with Crippen molar-refractivity contribution in [3.63, 3.8) is 0 Å². The summed E-state index contributed by atoms with van der Waals surface area (Å²) in [7, 11) is 0. The molecule has 1 aromatic heterocycles. The number of carbonyl (C=O) groups excluding carboxylic acids is 1. The van der Waals surface area contributed by atoms with Gasteiger partial charge in [0.15, 0.2) is 6.29 Å². The van der Waals surface area contributed by atoms with Crippen LogP contribution in [0.15, 0.2) is 26.7 Å². The maximum absolute atomic E-state index is 10.6. The van der Waals surface area contributed by atoms with Crippen LogP contribution in [0.5, 0.6) is 11.5 Å². The zero-order chi connectivity index (χ0) is 14.5. The van der Waals surface area contributed by atoms with Crippen molar-refractivity contribution in [3.05, 3.63) is 23.6 Å². The summed E-state index contributed by atoms with van der Waals surface area (Å²) in [5.41, 5.74) is 0.0287. The molecule has 0 atom stereocenters. The lowest BCUT2D eigenvalue weighted by atomic mass is 10.2. The molecule has 0 saturated heterocycles. The molecule has 7 heteroatoms. The number of hydrogen-bond acceptors (Lipinski definition) is 7. The van der Waals surface area contributed by atoms with Gasteiger partial charge in [0, 0.05) is 6.42 Å². The van der Waals surface area contributed by atoms with Crippen molar-refractivity contribution in [2.24, 2.45) is 0 Å². The van der Waals surface area contributed by atoms with Crippen molar-refractivity contribution in [1.29, 1.82) is 0 Å². The molecule has 6 nitrogen and oxygen atoms in total. The lowest BCUT2D eigenvalue weighted by Gasteiger charge is -2.04. The highest BCUT2D eigenvalue weighted by Gasteiger charge is 2.13. The number of carbonyl (C=O) groups is 1. The van der Waals surface area contributed by atoms with Gasteiger partial charge in [-0.25, -0.2) is 0 Å². The first-order valence-electron chi connectivity index (χ1n) is 6.15. The van der Waals surface area contributed by atoms with E-state index in [4.69, 9.17) is 4.42 Å². The number of nitrogens with zero attached hydrogens (tertiary/aromatic N) is 2. The van der Waals surface area contributed by atoms with Gasteiger partial charge in [-0.1, -0.05) is 13.3 Å². The monoisotopic (exact) mass is 294 g/mol. The molecule has 2 N–H and O–H groups in total. The Morgan fingerprint density at radius 2 is 2.10 bits per heavy atom. The molecule has 0 aliphatic carbocycles. The minimum Gasteiger partial charge on any atom is -0.507 e.